The quantitative estimate of drug-likeness (QED) is 0.748. The van der Waals surface area contributed by atoms with Crippen molar-refractivity contribution in [2.75, 3.05) is 24.6 Å². The smallest absolute Gasteiger partial charge is 0.152 e. The highest BCUT2D eigenvalue weighted by Gasteiger charge is 2.20. The van der Waals surface area contributed by atoms with E-state index in [0.29, 0.717) is 6.10 Å². The molecule has 3 heteroatoms. The molecule has 17 heavy (non-hydrogen) atoms. The number of hydrogen-bond donors (Lipinski definition) is 0. The largest absolute Gasteiger partial charge is 0.378 e. The van der Waals surface area contributed by atoms with Gasteiger partial charge in [-0.25, -0.2) is 0 Å². The van der Waals surface area contributed by atoms with E-state index in [4.69, 9.17) is 4.74 Å². The topological polar surface area (TPSA) is 29.5 Å². The van der Waals surface area contributed by atoms with Gasteiger partial charge in [0, 0.05) is 30.9 Å². The van der Waals surface area contributed by atoms with Gasteiger partial charge in [-0.2, -0.15) is 0 Å². The molecule has 1 heterocycles. The first kappa shape index (κ1) is 12.1. The lowest BCUT2D eigenvalue weighted by atomic mass is 10.1. The van der Waals surface area contributed by atoms with Gasteiger partial charge in [0.1, 0.15) is 0 Å². The second-order valence-corrected chi connectivity index (χ2v) is 4.32. The normalized spacial score (nSPS) is 17.1. The maximum Gasteiger partial charge on any atom is 0.152 e. The van der Waals surface area contributed by atoms with Gasteiger partial charge < -0.3 is 9.64 Å². The molecule has 0 aliphatic carbocycles. The first-order valence-corrected chi connectivity index (χ1v) is 6.26. The Balaban J connectivity index is 2.02. The molecule has 0 aromatic heterocycles. The van der Waals surface area contributed by atoms with E-state index in [0.717, 1.165) is 50.1 Å². The van der Waals surface area contributed by atoms with Crippen LogP contribution in [0.25, 0.3) is 0 Å². The highest BCUT2D eigenvalue weighted by atomic mass is 16.5. The molecule has 1 aromatic carbocycles. The Bertz CT molecular complexity index is 370. The minimum Gasteiger partial charge on any atom is -0.378 e. The lowest BCUT2D eigenvalue weighted by Crippen LogP contribution is -2.37. The van der Waals surface area contributed by atoms with Crippen LogP contribution in [0.15, 0.2) is 24.3 Å². The fraction of sp³-hybridized carbons (Fsp3) is 0.500. The predicted octanol–water partition coefficient (Wildman–Crippen LogP) is 2.50. The number of benzene rings is 1. The third-order valence-electron chi connectivity index (χ3n) is 3.25. The molecular weight excluding hydrogens is 214 g/mol. The summed E-state index contributed by atoms with van der Waals surface area (Å²) in [5.74, 6) is 0. The summed E-state index contributed by atoms with van der Waals surface area (Å²) >= 11 is 0. The molecule has 3 nitrogen and oxygen atoms in total. The summed E-state index contributed by atoms with van der Waals surface area (Å²) in [6.45, 7) is 4.76. The summed E-state index contributed by atoms with van der Waals surface area (Å²) < 4.78 is 5.63. The van der Waals surface area contributed by atoms with E-state index < -0.39 is 0 Å². The average Bonchev–Trinajstić information content (AvgIpc) is 2.40. The fourth-order valence-corrected chi connectivity index (χ4v) is 2.37. The summed E-state index contributed by atoms with van der Waals surface area (Å²) in [7, 11) is 0. The molecule has 0 atom stereocenters. The standard InChI is InChI=1S/C14H19NO2/c1-2-17-13-7-9-15(10-8-13)14-6-4-3-5-12(14)11-16/h3-6,11,13H,2,7-10H2,1H3. The van der Waals surface area contributed by atoms with Gasteiger partial charge in [-0.1, -0.05) is 12.1 Å². The number of para-hydroxylation sites is 1. The second-order valence-electron chi connectivity index (χ2n) is 4.32. The molecule has 0 spiro atoms. The van der Waals surface area contributed by atoms with Gasteiger partial charge in [0.2, 0.25) is 0 Å². The van der Waals surface area contributed by atoms with Crippen molar-refractivity contribution >= 4 is 12.0 Å². The van der Waals surface area contributed by atoms with Crippen LogP contribution in [0.2, 0.25) is 0 Å². The van der Waals surface area contributed by atoms with E-state index in [1.165, 1.54) is 0 Å². The molecule has 2 rings (SSSR count). The Morgan fingerprint density at radius 1 is 1.35 bits per heavy atom. The van der Waals surface area contributed by atoms with E-state index in [2.05, 4.69) is 4.90 Å². The molecule has 0 radical (unpaired) electrons. The van der Waals surface area contributed by atoms with Gasteiger partial charge in [0.15, 0.2) is 6.29 Å². The zero-order valence-electron chi connectivity index (χ0n) is 10.3. The van der Waals surface area contributed by atoms with Crippen molar-refractivity contribution in [1.82, 2.24) is 0 Å². The molecule has 1 aromatic rings. The highest BCUT2D eigenvalue weighted by Crippen LogP contribution is 2.23. The molecule has 0 saturated carbocycles. The van der Waals surface area contributed by atoms with Crippen LogP contribution in [-0.4, -0.2) is 32.1 Å². The molecule has 92 valence electrons. The van der Waals surface area contributed by atoms with Crippen LogP contribution in [0.3, 0.4) is 0 Å². The second kappa shape index (κ2) is 5.82. The van der Waals surface area contributed by atoms with Crippen molar-refractivity contribution in [3.8, 4) is 0 Å². The Morgan fingerprint density at radius 3 is 2.71 bits per heavy atom. The summed E-state index contributed by atoms with van der Waals surface area (Å²) in [5, 5.41) is 0. The van der Waals surface area contributed by atoms with Crippen LogP contribution in [0, 0.1) is 0 Å². The van der Waals surface area contributed by atoms with Crippen molar-refractivity contribution in [3.05, 3.63) is 29.8 Å². The van der Waals surface area contributed by atoms with Gasteiger partial charge in [0.25, 0.3) is 0 Å². The number of piperidine rings is 1. The first-order valence-electron chi connectivity index (χ1n) is 6.26. The molecule has 1 aliphatic heterocycles. The number of ether oxygens (including phenoxy) is 1. The minimum absolute atomic E-state index is 0.389. The van der Waals surface area contributed by atoms with Crippen LogP contribution < -0.4 is 4.90 Å². The van der Waals surface area contributed by atoms with Crippen LogP contribution >= 0.6 is 0 Å². The Labute approximate surface area is 102 Å². The molecule has 0 N–H and O–H groups in total. The molecule has 1 aliphatic rings. The fourth-order valence-electron chi connectivity index (χ4n) is 2.37. The van der Waals surface area contributed by atoms with Crippen molar-refractivity contribution in [3.63, 3.8) is 0 Å². The minimum atomic E-state index is 0.389. The third kappa shape index (κ3) is 2.86. The van der Waals surface area contributed by atoms with E-state index >= 15 is 0 Å². The van der Waals surface area contributed by atoms with E-state index in [1.807, 2.05) is 31.2 Å². The van der Waals surface area contributed by atoms with E-state index in [-0.39, 0.29) is 0 Å². The number of hydrogen-bond acceptors (Lipinski definition) is 3. The predicted molar refractivity (Wildman–Crippen MR) is 68.7 cm³/mol. The molecule has 0 amide bonds. The van der Waals surface area contributed by atoms with E-state index in [1.54, 1.807) is 0 Å². The maximum atomic E-state index is 11.0. The van der Waals surface area contributed by atoms with Gasteiger partial charge in [-0.15, -0.1) is 0 Å². The Hall–Kier alpha value is -1.35. The zero-order valence-corrected chi connectivity index (χ0v) is 10.3. The van der Waals surface area contributed by atoms with Crippen molar-refractivity contribution in [1.29, 1.82) is 0 Å². The molecule has 1 fully saturated rings. The van der Waals surface area contributed by atoms with Crippen LogP contribution in [0.4, 0.5) is 5.69 Å². The summed E-state index contributed by atoms with van der Waals surface area (Å²) in [6, 6.07) is 7.78. The van der Waals surface area contributed by atoms with Gasteiger partial charge in [-0.3, -0.25) is 4.79 Å². The molecule has 1 saturated heterocycles. The van der Waals surface area contributed by atoms with Crippen LogP contribution in [0.5, 0.6) is 0 Å². The Morgan fingerprint density at radius 2 is 2.06 bits per heavy atom. The number of carbonyl (C=O) groups excluding carboxylic acids is 1. The Kier molecular flexibility index (Phi) is 4.15. The van der Waals surface area contributed by atoms with Gasteiger partial charge >= 0.3 is 0 Å². The number of aldehydes is 1. The summed E-state index contributed by atoms with van der Waals surface area (Å²) in [4.78, 5) is 13.3. The average molecular weight is 233 g/mol. The lowest BCUT2D eigenvalue weighted by molar-refractivity contribution is 0.0459. The van der Waals surface area contributed by atoms with Crippen LogP contribution in [0.1, 0.15) is 30.1 Å². The zero-order chi connectivity index (χ0) is 12.1. The maximum absolute atomic E-state index is 11.0. The third-order valence-corrected chi connectivity index (χ3v) is 3.25. The van der Waals surface area contributed by atoms with Gasteiger partial charge in [-0.05, 0) is 31.9 Å². The summed E-state index contributed by atoms with van der Waals surface area (Å²) in [6.07, 6.45) is 3.41. The highest BCUT2D eigenvalue weighted by molar-refractivity contribution is 5.84. The number of rotatable bonds is 4. The first-order chi connectivity index (χ1) is 8.35. The summed E-state index contributed by atoms with van der Waals surface area (Å²) in [5.41, 5.74) is 1.83. The molecule has 0 unspecified atom stereocenters. The SMILES string of the molecule is CCOC1CCN(c2ccccc2C=O)CC1. The number of anilines is 1. The van der Waals surface area contributed by atoms with Crippen molar-refractivity contribution in [2.24, 2.45) is 0 Å². The number of nitrogens with zero attached hydrogens (tertiary/aromatic N) is 1. The lowest BCUT2D eigenvalue weighted by Gasteiger charge is -2.34. The van der Waals surface area contributed by atoms with E-state index in [9.17, 15) is 4.79 Å². The molecular formula is C14H19NO2. The van der Waals surface area contributed by atoms with Crippen molar-refractivity contribution < 1.29 is 9.53 Å². The van der Waals surface area contributed by atoms with Crippen LogP contribution in [-0.2, 0) is 4.74 Å². The monoisotopic (exact) mass is 233 g/mol. The number of carbonyl (C=O) groups is 1. The van der Waals surface area contributed by atoms with Gasteiger partial charge in [0.05, 0.1) is 6.10 Å². The van der Waals surface area contributed by atoms with Crippen molar-refractivity contribution in [2.45, 2.75) is 25.9 Å². The molecule has 0 bridgehead atoms.